The van der Waals surface area contributed by atoms with Crippen molar-refractivity contribution in [2.24, 2.45) is 0 Å². The zero-order chi connectivity index (χ0) is 19.1. The average molecular weight is 374 g/mol. The van der Waals surface area contributed by atoms with Gasteiger partial charge in [-0.15, -0.1) is 0 Å². The summed E-state index contributed by atoms with van der Waals surface area (Å²) < 4.78 is 55.0. The lowest BCUT2D eigenvalue weighted by molar-refractivity contribution is 0.164. The van der Waals surface area contributed by atoms with E-state index in [0.717, 1.165) is 18.6 Å². The highest BCUT2D eigenvalue weighted by Crippen LogP contribution is 2.43. The summed E-state index contributed by atoms with van der Waals surface area (Å²) in [5.74, 6) is -2.09. The molecule has 2 aromatic carbocycles. The van der Waals surface area contributed by atoms with Crippen molar-refractivity contribution in [3.8, 4) is 11.5 Å². The second-order valence-electron chi connectivity index (χ2n) is 7.21. The molecule has 0 aliphatic carbocycles. The van der Waals surface area contributed by atoms with Crippen LogP contribution >= 0.6 is 0 Å². The van der Waals surface area contributed by atoms with Gasteiger partial charge in [0.2, 0.25) is 5.82 Å². The number of fused-ring (bicyclic) bond motifs is 2. The third-order valence-electron chi connectivity index (χ3n) is 5.26. The molecule has 0 saturated carbocycles. The van der Waals surface area contributed by atoms with Crippen LogP contribution in [0.3, 0.4) is 0 Å². The van der Waals surface area contributed by atoms with E-state index in [1.165, 1.54) is 0 Å². The van der Waals surface area contributed by atoms with E-state index >= 15 is 0 Å². The van der Waals surface area contributed by atoms with Gasteiger partial charge >= 0.3 is 0 Å². The van der Waals surface area contributed by atoms with E-state index in [-0.39, 0.29) is 23.0 Å². The van der Waals surface area contributed by atoms with Gasteiger partial charge in [0.1, 0.15) is 0 Å². The van der Waals surface area contributed by atoms with Crippen molar-refractivity contribution in [3.63, 3.8) is 0 Å². The highest BCUT2D eigenvalue weighted by molar-refractivity contribution is 5.54. The molecule has 0 aromatic heterocycles. The van der Waals surface area contributed by atoms with Gasteiger partial charge in [-0.25, -0.2) is 8.78 Å². The minimum Gasteiger partial charge on any atom is -0.498 e. The first-order valence-electron chi connectivity index (χ1n) is 9.28. The number of ether oxygens (including phenoxy) is 2. The molecule has 0 bridgehead atoms. The van der Waals surface area contributed by atoms with Gasteiger partial charge in [0, 0.05) is 29.9 Å². The fourth-order valence-electron chi connectivity index (χ4n) is 3.72. The van der Waals surface area contributed by atoms with Crippen molar-refractivity contribution < 1.29 is 22.6 Å². The zero-order valence-corrected chi connectivity index (χ0v) is 15.4. The Morgan fingerprint density at radius 1 is 1.04 bits per heavy atom. The number of hydrogen-bond donors (Lipinski definition) is 0. The van der Waals surface area contributed by atoms with Crippen LogP contribution < -0.4 is 4.74 Å². The van der Waals surface area contributed by atoms with Gasteiger partial charge in [-0.3, -0.25) is 0 Å². The Bertz CT molecular complexity index is 934. The van der Waals surface area contributed by atoms with Crippen molar-refractivity contribution in [1.82, 2.24) is 0 Å². The van der Waals surface area contributed by atoms with E-state index in [1.807, 2.05) is 6.08 Å². The Morgan fingerprint density at radius 3 is 2.52 bits per heavy atom. The Labute approximate surface area is 156 Å². The maximum absolute atomic E-state index is 14.8. The lowest BCUT2D eigenvalue weighted by Gasteiger charge is -2.27. The predicted octanol–water partition coefficient (Wildman–Crippen LogP) is 6.30. The van der Waals surface area contributed by atoms with Gasteiger partial charge in [0.15, 0.2) is 23.1 Å². The molecule has 0 saturated heterocycles. The maximum Gasteiger partial charge on any atom is 0.201 e. The molecule has 0 radical (unpaired) electrons. The lowest BCUT2D eigenvalue weighted by atomic mass is 9.89. The minimum atomic E-state index is -1.06. The molecule has 2 aromatic rings. The SMILES string of the molecule is CCCC1=CCC(c2cc3c(c(F)c2F)Oc2c(ccc(C)c2F)C3)CO1. The van der Waals surface area contributed by atoms with E-state index in [2.05, 4.69) is 6.92 Å². The van der Waals surface area contributed by atoms with Crippen LogP contribution in [-0.2, 0) is 11.2 Å². The fourth-order valence-corrected chi connectivity index (χ4v) is 3.72. The van der Waals surface area contributed by atoms with Crippen molar-refractivity contribution in [3.05, 3.63) is 69.7 Å². The third-order valence-corrected chi connectivity index (χ3v) is 5.26. The molecule has 0 fully saturated rings. The maximum atomic E-state index is 14.8. The van der Waals surface area contributed by atoms with Gasteiger partial charge < -0.3 is 9.47 Å². The molecule has 27 heavy (non-hydrogen) atoms. The van der Waals surface area contributed by atoms with Gasteiger partial charge in [-0.2, -0.15) is 4.39 Å². The Balaban J connectivity index is 1.69. The Morgan fingerprint density at radius 2 is 1.81 bits per heavy atom. The van der Waals surface area contributed by atoms with E-state index in [0.29, 0.717) is 36.1 Å². The fraction of sp³-hybridized carbons (Fsp3) is 0.364. The Kier molecular flexibility index (Phi) is 4.62. The summed E-state index contributed by atoms with van der Waals surface area (Å²) in [5, 5.41) is 0. The first-order chi connectivity index (χ1) is 13.0. The monoisotopic (exact) mass is 374 g/mol. The Hall–Kier alpha value is -2.43. The summed E-state index contributed by atoms with van der Waals surface area (Å²) >= 11 is 0. The first kappa shape index (κ1) is 18.0. The van der Waals surface area contributed by atoms with Crippen LogP contribution in [0.1, 0.15) is 54.4 Å². The summed E-state index contributed by atoms with van der Waals surface area (Å²) in [6.45, 7) is 4.00. The normalized spacial score (nSPS) is 18.1. The van der Waals surface area contributed by atoms with Crippen LogP contribution in [0.4, 0.5) is 13.2 Å². The minimum absolute atomic E-state index is 0.0123. The molecule has 1 unspecified atom stereocenters. The quantitative estimate of drug-likeness (QED) is 0.536. The summed E-state index contributed by atoms with van der Waals surface area (Å²) in [6, 6.07) is 5.07. The van der Waals surface area contributed by atoms with Crippen molar-refractivity contribution in [2.75, 3.05) is 6.61 Å². The third kappa shape index (κ3) is 3.09. The number of allylic oxidation sites excluding steroid dienone is 2. The zero-order valence-electron chi connectivity index (χ0n) is 15.4. The molecule has 2 nitrogen and oxygen atoms in total. The summed E-state index contributed by atoms with van der Waals surface area (Å²) in [6.07, 6.45) is 4.69. The predicted molar refractivity (Wildman–Crippen MR) is 96.7 cm³/mol. The number of halogens is 3. The van der Waals surface area contributed by atoms with Crippen LogP contribution in [0.25, 0.3) is 0 Å². The van der Waals surface area contributed by atoms with E-state index < -0.39 is 17.5 Å². The molecular weight excluding hydrogens is 353 g/mol. The molecular formula is C22H21F3O2. The number of rotatable bonds is 3. The summed E-state index contributed by atoms with van der Waals surface area (Å²) in [5.41, 5.74) is 1.86. The van der Waals surface area contributed by atoms with Crippen LogP contribution in [0.2, 0.25) is 0 Å². The molecule has 0 amide bonds. The highest BCUT2D eigenvalue weighted by Gasteiger charge is 2.30. The highest BCUT2D eigenvalue weighted by atomic mass is 19.2. The van der Waals surface area contributed by atoms with Gasteiger partial charge in [-0.05, 0) is 43.0 Å². The molecule has 1 atom stereocenters. The molecule has 0 N–H and O–H groups in total. The molecule has 2 aliphatic heterocycles. The van der Waals surface area contributed by atoms with Crippen LogP contribution in [0, 0.1) is 24.4 Å². The summed E-state index contributed by atoms with van der Waals surface area (Å²) in [7, 11) is 0. The molecule has 5 heteroatoms. The van der Waals surface area contributed by atoms with Crippen molar-refractivity contribution >= 4 is 0 Å². The van der Waals surface area contributed by atoms with Gasteiger partial charge in [0.25, 0.3) is 0 Å². The van der Waals surface area contributed by atoms with E-state index in [9.17, 15) is 13.2 Å². The largest absolute Gasteiger partial charge is 0.498 e. The lowest BCUT2D eigenvalue weighted by Crippen LogP contribution is -2.17. The van der Waals surface area contributed by atoms with Crippen LogP contribution in [0.5, 0.6) is 11.5 Å². The molecule has 2 heterocycles. The van der Waals surface area contributed by atoms with Gasteiger partial charge in [-0.1, -0.05) is 19.1 Å². The molecule has 4 rings (SSSR count). The number of aryl methyl sites for hydroxylation is 1. The van der Waals surface area contributed by atoms with Crippen molar-refractivity contribution in [2.45, 2.75) is 45.4 Å². The molecule has 142 valence electrons. The molecule has 0 spiro atoms. The molecule has 2 aliphatic rings. The van der Waals surface area contributed by atoms with Crippen molar-refractivity contribution in [1.29, 1.82) is 0 Å². The van der Waals surface area contributed by atoms with Crippen LogP contribution in [-0.4, -0.2) is 6.61 Å². The first-order valence-corrected chi connectivity index (χ1v) is 9.28. The van der Waals surface area contributed by atoms with Gasteiger partial charge in [0.05, 0.1) is 12.4 Å². The second kappa shape index (κ2) is 6.95. The summed E-state index contributed by atoms with van der Waals surface area (Å²) in [4.78, 5) is 0. The smallest absolute Gasteiger partial charge is 0.201 e. The van der Waals surface area contributed by atoms with Crippen LogP contribution in [0.15, 0.2) is 30.0 Å². The van der Waals surface area contributed by atoms with E-state index in [4.69, 9.17) is 9.47 Å². The average Bonchev–Trinajstić information content (AvgIpc) is 2.68. The second-order valence-corrected chi connectivity index (χ2v) is 7.21. The topological polar surface area (TPSA) is 18.5 Å². The number of benzene rings is 2. The van der Waals surface area contributed by atoms with E-state index in [1.54, 1.807) is 25.1 Å². The number of hydrogen-bond acceptors (Lipinski definition) is 2. The standard InChI is InChI=1S/C22H21F3O2/c1-3-4-16-8-7-14(11-26-16)17-10-15-9-13-6-5-12(2)18(23)21(13)27-22(15)20(25)19(17)24/h5-6,8,10,14H,3-4,7,9,11H2,1-2H3.